The van der Waals surface area contributed by atoms with E-state index in [9.17, 15) is 5.11 Å². The lowest BCUT2D eigenvalue weighted by molar-refractivity contribution is 0.144. The zero-order valence-corrected chi connectivity index (χ0v) is 7.01. The second-order valence-electron chi connectivity index (χ2n) is 3.91. The number of aliphatic hydroxyl groups is 1. The van der Waals surface area contributed by atoms with Gasteiger partial charge in [-0.05, 0) is 37.5 Å². The minimum Gasteiger partial charge on any atom is -0.393 e. The molecule has 1 saturated carbocycles. The van der Waals surface area contributed by atoms with E-state index < -0.39 is 0 Å². The fourth-order valence-corrected chi connectivity index (χ4v) is 1.96. The maximum Gasteiger partial charge on any atom is 0.0542 e. The predicted molar refractivity (Wildman–Crippen MR) is 42.8 cm³/mol. The monoisotopic (exact) mass is 142 g/mol. The molecule has 0 spiro atoms. The first-order valence-electron chi connectivity index (χ1n) is 4.36. The van der Waals surface area contributed by atoms with Gasteiger partial charge in [-0.15, -0.1) is 0 Å². The summed E-state index contributed by atoms with van der Waals surface area (Å²) in [4.78, 5) is 0. The van der Waals surface area contributed by atoms with Crippen molar-refractivity contribution in [2.75, 3.05) is 0 Å². The Hall–Kier alpha value is -0.0400. The Morgan fingerprint density at radius 2 is 1.70 bits per heavy atom. The number of hydrogen-bond donors (Lipinski definition) is 1. The van der Waals surface area contributed by atoms with Crippen molar-refractivity contribution in [1.82, 2.24) is 0 Å². The molecular weight excluding hydrogens is 124 g/mol. The van der Waals surface area contributed by atoms with Crippen LogP contribution in [0, 0.1) is 11.8 Å². The van der Waals surface area contributed by atoms with E-state index in [0.29, 0.717) is 0 Å². The van der Waals surface area contributed by atoms with Gasteiger partial charge in [-0.3, -0.25) is 0 Å². The average Bonchev–Trinajstić information content (AvgIpc) is 1.93. The minimum atomic E-state index is -0.0139. The molecule has 1 fully saturated rings. The zero-order valence-electron chi connectivity index (χ0n) is 7.01. The highest BCUT2D eigenvalue weighted by Gasteiger charge is 2.18. The molecule has 0 aromatic rings. The highest BCUT2D eigenvalue weighted by Crippen LogP contribution is 2.26. The van der Waals surface area contributed by atoms with Gasteiger partial charge < -0.3 is 5.11 Å². The number of rotatable bonds is 0. The third kappa shape index (κ3) is 2.30. The van der Waals surface area contributed by atoms with Gasteiger partial charge in [-0.2, -0.15) is 0 Å². The van der Waals surface area contributed by atoms with E-state index in [-0.39, 0.29) is 6.10 Å². The highest BCUT2D eigenvalue weighted by molar-refractivity contribution is 4.70. The quantitative estimate of drug-likeness (QED) is 0.514. The molecule has 1 aliphatic carbocycles. The Morgan fingerprint density at radius 3 is 2.40 bits per heavy atom. The van der Waals surface area contributed by atoms with Crippen molar-refractivity contribution in [2.45, 2.75) is 45.6 Å². The van der Waals surface area contributed by atoms with Crippen LogP contribution in [0.15, 0.2) is 0 Å². The third-order valence-electron chi connectivity index (χ3n) is 2.47. The molecule has 0 aromatic heterocycles. The minimum absolute atomic E-state index is 0.0139. The Balaban J connectivity index is 2.38. The summed E-state index contributed by atoms with van der Waals surface area (Å²) < 4.78 is 0. The van der Waals surface area contributed by atoms with E-state index in [4.69, 9.17) is 0 Å². The van der Waals surface area contributed by atoms with Gasteiger partial charge in [-0.1, -0.05) is 13.8 Å². The van der Waals surface area contributed by atoms with Gasteiger partial charge in [0.2, 0.25) is 0 Å². The van der Waals surface area contributed by atoms with E-state index in [0.717, 1.165) is 24.7 Å². The molecule has 0 amide bonds. The van der Waals surface area contributed by atoms with Crippen LogP contribution in [0.2, 0.25) is 0 Å². The first-order valence-corrected chi connectivity index (χ1v) is 4.36. The summed E-state index contributed by atoms with van der Waals surface area (Å²) in [5.41, 5.74) is 0. The lowest BCUT2D eigenvalue weighted by atomic mass is 9.96. The zero-order chi connectivity index (χ0) is 7.56. The molecule has 1 heteroatoms. The summed E-state index contributed by atoms with van der Waals surface area (Å²) in [6.45, 7) is 4.53. The SMILES string of the molecule is C[C@@H]1CC[C@H](O)C[C@H](C)C1. The number of hydrogen-bond acceptors (Lipinski definition) is 1. The van der Waals surface area contributed by atoms with E-state index in [1.54, 1.807) is 0 Å². The molecule has 10 heavy (non-hydrogen) atoms. The first-order chi connectivity index (χ1) is 4.68. The molecular formula is C9H18O. The van der Waals surface area contributed by atoms with Crippen molar-refractivity contribution in [3.8, 4) is 0 Å². The van der Waals surface area contributed by atoms with Crippen LogP contribution in [0.25, 0.3) is 0 Å². The molecule has 0 unspecified atom stereocenters. The summed E-state index contributed by atoms with van der Waals surface area (Å²) >= 11 is 0. The summed E-state index contributed by atoms with van der Waals surface area (Å²) in [6.07, 6.45) is 4.54. The van der Waals surface area contributed by atoms with Gasteiger partial charge in [-0.25, -0.2) is 0 Å². The molecule has 3 atom stereocenters. The van der Waals surface area contributed by atoms with Crippen molar-refractivity contribution < 1.29 is 5.11 Å². The van der Waals surface area contributed by atoms with Crippen LogP contribution in [0.3, 0.4) is 0 Å². The molecule has 0 radical (unpaired) electrons. The predicted octanol–water partition coefficient (Wildman–Crippen LogP) is 2.19. The van der Waals surface area contributed by atoms with Gasteiger partial charge >= 0.3 is 0 Å². The second kappa shape index (κ2) is 3.38. The lowest BCUT2D eigenvalue weighted by Gasteiger charge is -2.11. The molecule has 1 rings (SSSR count). The van der Waals surface area contributed by atoms with Gasteiger partial charge in [0.15, 0.2) is 0 Å². The topological polar surface area (TPSA) is 20.2 Å². The number of aliphatic hydroxyl groups excluding tert-OH is 1. The van der Waals surface area contributed by atoms with Crippen molar-refractivity contribution in [2.24, 2.45) is 11.8 Å². The van der Waals surface area contributed by atoms with Crippen molar-refractivity contribution >= 4 is 0 Å². The fraction of sp³-hybridized carbons (Fsp3) is 1.00. The lowest BCUT2D eigenvalue weighted by Crippen LogP contribution is -2.07. The average molecular weight is 142 g/mol. The van der Waals surface area contributed by atoms with Crippen molar-refractivity contribution in [1.29, 1.82) is 0 Å². The molecule has 0 bridgehead atoms. The van der Waals surface area contributed by atoms with Crippen molar-refractivity contribution in [3.05, 3.63) is 0 Å². The summed E-state index contributed by atoms with van der Waals surface area (Å²) in [5.74, 6) is 1.56. The summed E-state index contributed by atoms with van der Waals surface area (Å²) in [7, 11) is 0. The van der Waals surface area contributed by atoms with Gasteiger partial charge in [0.25, 0.3) is 0 Å². The Bertz CT molecular complexity index is 88.9. The first kappa shape index (κ1) is 8.06. The van der Waals surface area contributed by atoms with Gasteiger partial charge in [0, 0.05) is 0 Å². The Morgan fingerprint density at radius 1 is 1.00 bits per heavy atom. The molecule has 0 aromatic carbocycles. The van der Waals surface area contributed by atoms with Crippen LogP contribution in [0.5, 0.6) is 0 Å². The smallest absolute Gasteiger partial charge is 0.0542 e. The van der Waals surface area contributed by atoms with Crippen LogP contribution in [0.1, 0.15) is 39.5 Å². The van der Waals surface area contributed by atoms with E-state index in [1.165, 1.54) is 12.8 Å². The summed E-state index contributed by atoms with van der Waals surface area (Å²) in [6, 6.07) is 0. The molecule has 1 nitrogen and oxygen atoms in total. The molecule has 0 heterocycles. The van der Waals surface area contributed by atoms with Gasteiger partial charge in [0.05, 0.1) is 6.10 Å². The summed E-state index contributed by atoms with van der Waals surface area (Å²) in [5, 5.41) is 9.38. The standard InChI is InChI=1S/C9H18O/c1-7-3-4-9(10)6-8(2)5-7/h7-10H,3-6H2,1-2H3/t7-,8-,9+/m1/s1. The molecule has 0 aliphatic heterocycles. The molecule has 1 N–H and O–H groups in total. The third-order valence-corrected chi connectivity index (χ3v) is 2.47. The Labute approximate surface area is 63.4 Å². The highest BCUT2D eigenvalue weighted by atomic mass is 16.3. The van der Waals surface area contributed by atoms with Crippen LogP contribution >= 0.6 is 0 Å². The molecule has 1 aliphatic rings. The van der Waals surface area contributed by atoms with Crippen LogP contribution in [-0.2, 0) is 0 Å². The van der Waals surface area contributed by atoms with E-state index >= 15 is 0 Å². The second-order valence-corrected chi connectivity index (χ2v) is 3.91. The normalized spacial score (nSPS) is 42.9. The fourth-order valence-electron chi connectivity index (χ4n) is 1.96. The van der Waals surface area contributed by atoms with Crippen LogP contribution in [0.4, 0.5) is 0 Å². The molecule has 0 saturated heterocycles. The van der Waals surface area contributed by atoms with Crippen LogP contribution < -0.4 is 0 Å². The molecule has 60 valence electrons. The van der Waals surface area contributed by atoms with E-state index in [1.807, 2.05) is 0 Å². The van der Waals surface area contributed by atoms with Crippen molar-refractivity contribution in [3.63, 3.8) is 0 Å². The maximum atomic E-state index is 9.38. The largest absolute Gasteiger partial charge is 0.393 e. The van der Waals surface area contributed by atoms with Gasteiger partial charge in [0.1, 0.15) is 0 Å². The Kier molecular flexibility index (Phi) is 2.72. The van der Waals surface area contributed by atoms with Crippen LogP contribution in [-0.4, -0.2) is 11.2 Å². The maximum absolute atomic E-state index is 9.38. The van der Waals surface area contributed by atoms with E-state index in [2.05, 4.69) is 13.8 Å².